The quantitative estimate of drug-likeness (QED) is 0.944. The van der Waals surface area contributed by atoms with Crippen molar-refractivity contribution >= 4 is 10.0 Å². The van der Waals surface area contributed by atoms with Gasteiger partial charge in [-0.15, -0.1) is 0 Å². The van der Waals surface area contributed by atoms with Crippen molar-refractivity contribution in [2.24, 2.45) is 0 Å². The molecule has 2 rings (SSSR count). The SMILES string of the molecule is Cc1[nH]nc(C(C)C)c1-c1ccc(S(=O)(=O)N(C)C)cc1. The molecule has 0 bridgehead atoms. The Morgan fingerprint density at radius 1 is 1.14 bits per heavy atom. The minimum atomic E-state index is -3.39. The summed E-state index contributed by atoms with van der Waals surface area (Å²) in [6.45, 7) is 6.15. The first-order valence-corrected chi connectivity index (χ1v) is 8.27. The Morgan fingerprint density at radius 3 is 2.19 bits per heavy atom. The summed E-state index contributed by atoms with van der Waals surface area (Å²) in [6, 6.07) is 6.95. The number of sulfonamides is 1. The van der Waals surface area contributed by atoms with Crippen LogP contribution in [0.25, 0.3) is 11.1 Å². The van der Waals surface area contributed by atoms with Gasteiger partial charge in [-0.3, -0.25) is 5.10 Å². The zero-order chi connectivity index (χ0) is 15.8. The van der Waals surface area contributed by atoms with Crippen molar-refractivity contribution in [2.45, 2.75) is 31.6 Å². The van der Waals surface area contributed by atoms with Crippen LogP contribution < -0.4 is 0 Å². The van der Waals surface area contributed by atoms with Crippen molar-refractivity contribution < 1.29 is 8.42 Å². The molecule has 1 aromatic heterocycles. The number of hydrogen-bond donors (Lipinski definition) is 1. The van der Waals surface area contributed by atoms with Gasteiger partial charge in [-0.05, 0) is 30.5 Å². The third-order valence-electron chi connectivity index (χ3n) is 3.44. The Bertz CT molecular complexity index is 729. The minimum absolute atomic E-state index is 0.295. The van der Waals surface area contributed by atoms with Crippen LogP contribution in [0.4, 0.5) is 0 Å². The summed E-state index contributed by atoms with van der Waals surface area (Å²) in [6.07, 6.45) is 0. The fraction of sp³-hybridized carbons (Fsp3) is 0.400. The van der Waals surface area contributed by atoms with Crippen molar-refractivity contribution in [1.29, 1.82) is 0 Å². The summed E-state index contributed by atoms with van der Waals surface area (Å²) in [5.74, 6) is 0.301. The molecule has 0 amide bonds. The van der Waals surface area contributed by atoms with Crippen molar-refractivity contribution in [1.82, 2.24) is 14.5 Å². The molecule has 0 spiro atoms. The highest BCUT2D eigenvalue weighted by Crippen LogP contribution is 2.31. The Balaban J connectivity index is 2.48. The van der Waals surface area contributed by atoms with Crippen molar-refractivity contribution in [3.05, 3.63) is 35.7 Å². The molecule has 0 atom stereocenters. The number of hydrogen-bond acceptors (Lipinski definition) is 3. The van der Waals surface area contributed by atoms with Gasteiger partial charge in [0.05, 0.1) is 10.6 Å². The van der Waals surface area contributed by atoms with Crippen LogP contribution in [0, 0.1) is 6.92 Å². The summed E-state index contributed by atoms with van der Waals surface area (Å²) < 4.78 is 25.4. The van der Waals surface area contributed by atoms with E-state index >= 15 is 0 Å². The Morgan fingerprint density at radius 2 is 1.71 bits per heavy atom. The van der Waals surface area contributed by atoms with Gasteiger partial charge in [0.2, 0.25) is 10.0 Å². The summed E-state index contributed by atoms with van der Waals surface area (Å²) >= 11 is 0. The number of benzene rings is 1. The molecular formula is C15H21N3O2S. The first-order chi connectivity index (χ1) is 9.75. The Kier molecular flexibility index (Phi) is 4.20. The van der Waals surface area contributed by atoms with Gasteiger partial charge in [-0.25, -0.2) is 12.7 Å². The lowest BCUT2D eigenvalue weighted by molar-refractivity contribution is 0.521. The van der Waals surface area contributed by atoms with E-state index in [0.29, 0.717) is 10.8 Å². The van der Waals surface area contributed by atoms with Gasteiger partial charge in [0.25, 0.3) is 0 Å². The van der Waals surface area contributed by atoms with Crippen LogP contribution in [-0.2, 0) is 10.0 Å². The average molecular weight is 307 g/mol. The highest BCUT2D eigenvalue weighted by molar-refractivity contribution is 7.89. The number of rotatable bonds is 4. The van der Waals surface area contributed by atoms with E-state index in [2.05, 4.69) is 24.0 Å². The summed E-state index contributed by atoms with van der Waals surface area (Å²) in [5, 5.41) is 7.34. The smallest absolute Gasteiger partial charge is 0.242 e. The Hall–Kier alpha value is -1.66. The Labute approximate surface area is 126 Å². The lowest BCUT2D eigenvalue weighted by atomic mass is 9.98. The zero-order valence-corrected chi connectivity index (χ0v) is 13.8. The molecule has 0 saturated carbocycles. The molecule has 0 aliphatic heterocycles. The molecule has 0 saturated heterocycles. The zero-order valence-electron chi connectivity index (χ0n) is 13.0. The predicted octanol–water partition coefficient (Wildman–Crippen LogP) is 2.76. The van der Waals surface area contributed by atoms with Crippen molar-refractivity contribution in [3.8, 4) is 11.1 Å². The average Bonchev–Trinajstić information content (AvgIpc) is 2.80. The second kappa shape index (κ2) is 5.61. The summed E-state index contributed by atoms with van der Waals surface area (Å²) in [5.41, 5.74) is 4.01. The fourth-order valence-corrected chi connectivity index (χ4v) is 3.14. The van der Waals surface area contributed by atoms with E-state index in [-0.39, 0.29) is 0 Å². The summed E-state index contributed by atoms with van der Waals surface area (Å²) in [4.78, 5) is 0.295. The van der Waals surface area contributed by atoms with Gasteiger partial charge in [0.15, 0.2) is 0 Å². The van der Waals surface area contributed by atoms with E-state index in [1.807, 2.05) is 19.1 Å². The van der Waals surface area contributed by atoms with Gasteiger partial charge in [-0.1, -0.05) is 26.0 Å². The molecule has 114 valence electrons. The molecule has 0 aliphatic rings. The van der Waals surface area contributed by atoms with Gasteiger partial charge in [-0.2, -0.15) is 5.10 Å². The van der Waals surface area contributed by atoms with E-state index in [1.54, 1.807) is 12.1 Å². The molecule has 1 N–H and O–H groups in total. The summed E-state index contributed by atoms with van der Waals surface area (Å²) in [7, 11) is -0.333. The van der Waals surface area contributed by atoms with Gasteiger partial charge in [0.1, 0.15) is 0 Å². The van der Waals surface area contributed by atoms with Crippen LogP contribution in [0.15, 0.2) is 29.2 Å². The van der Waals surface area contributed by atoms with E-state index in [9.17, 15) is 8.42 Å². The van der Waals surface area contributed by atoms with Crippen molar-refractivity contribution in [2.75, 3.05) is 14.1 Å². The van der Waals surface area contributed by atoms with Gasteiger partial charge in [0, 0.05) is 25.4 Å². The maximum atomic E-state index is 12.1. The number of aromatic nitrogens is 2. The maximum Gasteiger partial charge on any atom is 0.242 e. The topological polar surface area (TPSA) is 66.1 Å². The molecule has 0 aliphatic carbocycles. The fourth-order valence-electron chi connectivity index (χ4n) is 2.23. The first kappa shape index (κ1) is 15.7. The molecule has 1 aromatic carbocycles. The third kappa shape index (κ3) is 2.87. The highest BCUT2D eigenvalue weighted by atomic mass is 32.2. The van der Waals surface area contributed by atoms with Crippen LogP contribution in [0.5, 0.6) is 0 Å². The van der Waals surface area contributed by atoms with Crippen LogP contribution in [0.2, 0.25) is 0 Å². The van der Waals surface area contributed by atoms with Crippen LogP contribution in [-0.4, -0.2) is 37.0 Å². The molecular weight excluding hydrogens is 286 g/mol. The molecule has 0 fully saturated rings. The molecule has 2 aromatic rings. The normalized spacial score (nSPS) is 12.3. The van der Waals surface area contributed by atoms with E-state index in [0.717, 1.165) is 22.5 Å². The largest absolute Gasteiger partial charge is 0.282 e. The predicted molar refractivity (Wildman–Crippen MR) is 83.7 cm³/mol. The van der Waals surface area contributed by atoms with Crippen LogP contribution in [0.3, 0.4) is 0 Å². The molecule has 1 heterocycles. The van der Waals surface area contributed by atoms with Gasteiger partial charge < -0.3 is 0 Å². The number of H-pyrrole nitrogens is 1. The van der Waals surface area contributed by atoms with Crippen molar-refractivity contribution in [3.63, 3.8) is 0 Å². The highest BCUT2D eigenvalue weighted by Gasteiger charge is 2.19. The van der Waals surface area contributed by atoms with E-state index < -0.39 is 10.0 Å². The van der Waals surface area contributed by atoms with Crippen LogP contribution >= 0.6 is 0 Å². The van der Waals surface area contributed by atoms with Gasteiger partial charge >= 0.3 is 0 Å². The second-order valence-electron chi connectivity index (χ2n) is 5.58. The molecule has 0 radical (unpaired) electrons. The number of aryl methyl sites for hydroxylation is 1. The lowest BCUT2D eigenvalue weighted by Crippen LogP contribution is -2.22. The van der Waals surface area contributed by atoms with E-state index in [4.69, 9.17) is 0 Å². The molecule has 5 nitrogen and oxygen atoms in total. The number of nitrogens with one attached hydrogen (secondary N) is 1. The second-order valence-corrected chi connectivity index (χ2v) is 7.73. The third-order valence-corrected chi connectivity index (χ3v) is 5.27. The first-order valence-electron chi connectivity index (χ1n) is 6.83. The molecule has 0 unspecified atom stereocenters. The minimum Gasteiger partial charge on any atom is -0.282 e. The number of aromatic amines is 1. The number of nitrogens with zero attached hydrogens (tertiary/aromatic N) is 2. The molecule has 21 heavy (non-hydrogen) atoms. The van der Waals surface area contributed by atoms with Crippen LogP contribution in [0.1, 0.15) is 31.2 Å². The maximum absolute atomic E-state index is 12.1. The van der Waals surface area contributed by atoms with E-state index in [1.165, 1.54) is 18.4 Å². The lowest BCUT2D eigenvalue weighted by Gasteiger charge is -2.12. The molecule has 6 heteroatoms. The standard InChI is InChI=1S/C15H21N3O2S/c1-10(2)15-14(11(3)16-17-15)12-6-8-13(9-7-12)21(19,20)18(4)5/h6-10H,1-5H3,(H,16,17). The monoisotopic (exact) mass is 307 g/mol.